The van der Waals surface area contributed by atoms with Gasteiger partial charge in [-0.3, -0.25) is 0 Å². The summed E-state index contributed by atoms with van der Waals surface area (Å²) >= 11 is 0. The Morgan fingerprint density at radius 2 is 0.583 bits per heavy atom. The summed E-state index contributed by atoms with van der Waals surface area (Å²) in [7, 11) is 0. The van der Waals surface area contributed by atoms with Crippen LogP contribution in [0.2, 0.25) is 0 Å². The minimum Gasteiger partial charge on any atom is -0.222 e. The predicted molar refractivity (Wildman–Crippen MR) is 45.4 cm³/mol. The third kappa shape index (κ3) is 120. The van der Waals surface area contributed by atoms with E-state index in [4.69, 9.17) is 30.6 Å². The lowest BCUT2D eigenvalue weighted by Gasteiger charge is -1.02. The fourth-order valence-electron chi connectivity index (χ4n) is 0. The molecule has 0 aromatic rings. The highest BCUT2D eigenvalue weighted by Crippen LogP contribution is 0.874. The van der Waals surface area contributed by atoms with Gasteiger partial charge in [0.15, 0.2) is 0 Å². The first kappa shape index (κ1) is 49.4. The first-order valence-corrected chi connectivity index (χ1v) is 1.36. The van der Waals surface area contributed by atoms with E-state index >= 15 is 0 Å². The smallest absolute Gasteiger partial charge is 0.222 e. The van der Waals surface area contributed by atoms with E-state index in [1.165, 1.54) is 0 Å². The summed E-state index contributed by atoms with van der Waals surface area (Å²) in [5.74, 6) is 0. The molecular formula is C6H15N3O3. The van der Waals surface area contributed by atoms with Gasteiger partial charge in [0.05, 0.1) is 0 Å². The van der Waals surface area contributed by atoms with E-state index < -0.39 is 0 Å². The minimum atomic E-state index is 0. The molecule has 0 heterocycles. The molecule has 0 amide bonds. The first-order chi connectivity index (χ1) is 4.24. The summed E-state index contributed by atoms with van der Waals surface area (Å²) in [4.78, 5) is 25.0. The molecule has 0 aliphatic heterocycles. The average Bonchev–Trinajstić information content (AvgIpc) is 1.70. The SMILES string of the molecule is C.C.C.N=C=O.N=C=O.N=C=O. The van der Waals surface area contributed by atoms with Gasteiger partial charge < -0.3 is 0 Å². The van der Waals surface area contributed by atoms with Crippen LogP contribution in [0.3, 0.4) is 0 Å². The molecule has 0 fully saturated rings. The van der Waals surface area contributed by atoms with Gasteiger partial charge >= 0.3 is 0 Å². The minimum absolute atomic E-state index is 0. The average molecular weight is 177 g/mol. The zero-order chi connectivity index (χ0) is 8.12. The fraction of sp³-hybridized carbons (Fsp3) is 0.500. The second-order valence-electron chi connectivity index (χ2n) is 0.306. The molecule has 0 unspecified atom stereocenters. The molecule has 0 bridgehead atoms. The summed E-state index contributed by atoms with van der Waals surface area (Å²) in [6.45, 7) is 0. The Balaban J connectivity index is -0.00000001000. The van der Waals surface area contributed by atoms with Gasteiger partial charge in [-0.25, -0.2) is 30.6 Å². The predicted octanol–water partition coefficient (Wildman–Crippen LogP) is 1.61. The van der Waals surface area contributed by atoms with Crippen LogP contribution < -0.4 is 0 Å². The van der Waals surface area contributed by atoms with Crippen LogP contribution in [0.15, 0.2) is 0 Å². The number of hydrogen-bond acceptors (Lipinski definition) is 6. The normalized spacial score (nSPS) is 2.00. The van der Waals surface area contributed by atoms with Crippen molar-refractivity contribution in [3.8, 4) is 0 Å². The van der Waals surface area contributed by atoms with Crippen molar-refractivity contribution in [2.24, 2.45) is 0 Å². The Labute approximate surface area is 72.1 Å². The van der Waals surface area contributed by atoms with Crippen molar-refractivity contribution in [1.29, 1.82) is 16.2 Å². The number of rotatable bonds is 0. The van der Waals surface area contributed by atoms with Crippen molar-refractivity contribution < 1.29 is 14.4 Å². The zero-order valence-electron chi connectivity index (χ0n) is 4.22. The van der Waals surface area contributed by atoms with Crippen molar-refractivity contribution in [1.82, 2.24) is 0 Å². The highest BCUT2D eigenvalue weighted by atomic mass is 16.1. The van der Waals surface area contributed by atoms with E-state index in [-0.39, 0.29) is 22.3 Å². The standard InChI is InChI=1S/3CHNO.3CH4/c3*2-1-3;;;/h3*2H;3*1H4. The van der Waals surface area contributed by atoms with Crippen LogP contribution in [-0.2, 0) is 14.4 Å². The van der Waals surface area contributed by atoms with Gasteiger partial charge in [0, 0.05) is 0 Å². The zero-order valence-corrected chi connectivity index (χ0v) is 4.22. The van der Waals surface area contributed by atoms with E-state index in [0.29, 0.717) is 0 Å². The number of nitrogens with one attached hydrogen (secondary N) is 3. The molecule has 3 N–H and O–H groups in total. The molecule has 0 saturated heterocycles. The topological polar surface area (TPSA) is 123 Å². The maximum absolute atomic E-state index is 8.35. The van der Waals surface area contributed by atoms with Crippen LogP contribution in [0.4, 0.5) is 0 Å². The lowest BCUT2D eigenvalue weighted by molar-refractivity contribution is 0.562. The molecule has 12 heavy (non-hydrogen) atoms. The van der Waals surface area contributed by atoms with Crippen LogP contribution in [0.5, 0.6) is 0 Å². The largest absolute Gasteiger partial charge is 0.231 e. The summed E-state index contributed by atoms with van der Waals surface area (Å²) in [5, 5.41) is 16.2. The lowest BCUT2D eigenvalue weighted by atomic mass is 11.7. The van der Waals surface area contributed by atoms with Crippen LogP contribution in [0.1, 0.15) is 22.3 Å². The molecule has 0 saturated carbocycles. The molecule has 0 aromatic carbocycles. The van der Waals surface area contributed by atoms with Gasteiger partial charge in [0.2, 0.25) is 18.2 Å². The molecule has 0 aliphatic carbocycles. The van der Waals surface area contributed by atoms with Gasteiger partial charge in [-0.15, -0.1) is 0 Å². The van der Waals surface area contributed by atoms with E-state index in [1.54, 1.807) is 0 Å². The third-order valence-electron chi connectivity index (χ3n) is 0. The van der Waals surface area contributed by atoms with Crippen LogP contribution in [0.25, 0.3) is 0 Å². The number of isocyanates is 3. The van der Waals surface area contributed by atoms with Gasteiger partial charge in [0.1, 0.15) is 0 Å². The summed E-state index contributed by atoms with van der Waals surface area (Å²) in [6, 6.07) is 0. The molecule has 72 valence electrons. The number of carbonyl (C=O) groups excluding carboxylic acids is 3. The van der Waals surface area contributed by atoms with Crippen molar-refractivity contribution >= 4 is 18.2 Å². The highest BCUT2D eigenvalue weighted by molar-refractivity contribution is 5.26. The van der Waals surface area contributed by atoms with Gasteiger partial charge in [-0.2, -0.15) is 0 Å². The summed E-state index contributed by atoms with van der Waals surface area (Å²) in [5.41, 5.74) is 0. The second kappa shape index (κ2) is 466. The summed E-state index contributed by atoms with van der Waals surface area (Å²) in [6.07, 6.45) is 2.25. The Morgan fingerprint density at radius 1 is 0.583 bits per heavy atom. The van der Waals surface area contributed by atoms with Crippen LogP contribution in [-0.4, -0.2) is 18.2 Å². The van der Waals surface area contributed by atoms with Gasteiger partial charge in [-0.1, -0.05) is 22.3 Å². The molecule has 0 rings (SSSR count). The molecular weight excluding hydrogens is 162 g/mol. The first-order valence-electron chi connectivity index (χ1n) is 1.36. The second-order valence-corrected chi connectivity index (χ2v) is 0.306. The molecule has 0 atom stereocenters. The van der Waals surface area contributed by atoms with Gasteiger partial charge in [0.25, 0.3) is 0 Å². The Hall–Kier alpha value is -1.86. The Kier molecular flexibility index (Phi) is 1920. The van der Waals surface area contributed by atoms with E-state index in [0.717, 1.165) is 18.2 Å². The van der Waals surface area contributed by atoms with Crippen molar-refractivity contribution in [3.05, 3.63) is 0 Å². The molecule has 6 nitrogen and oxygen atoms in total. The molecule has 0 aromatic heterocycles. The number of hydrogen-bond donors (Lipinski definition) is 3. The van der Waals surface area contributed by atoms with E-state index in [2.05, 4.69) is 0 Å². The van der Waals surface area contributed by atoms with Gasteiger partial charge in [-0.05, 0) is 0 Å². The maximum atomic E-state index is 8.35. The highest BCUT2D eigenvalue weighted by Gasteiger charge is 1.04. The van der Waals surface area contributed by atoms with Crippen LogP contribution in [0, 0.1) is 16.2 Å². The Bertz CT molecular complexity index is 110. The summed E-state index contributed by atoms with van der Waals surface area (Å²) < 4.78 is 0. The third-order valence-corrected chi connectivity index (χ3v) is 0. The Morgan fingerprint density at radius 3 is 0.583 bits per heavy atom. The van der Waals surface area contributed by atoms with E-state index in [1.807, 2.05) is 0 Å². The monoisotopic (exact) mass is 177 g/mol. The van der Waals surface area contributed by atoms with Crippen LogP contribution >= 0.6 is 0 Å². The van der Waals surface area contributed by atoms with Crippen molar-refractivity contribution in [2.75, 3.05) is 0 Å². The molecule has 0 aliphatic rings. The lowest BCUT2D eigenvalue weighted by Crippen LogP contribution is -1.16. The van der Waals surface area contributed by atoms with Crippen molar-refractivity contribution in [2.45, 2.75) is 22.3 Å². The van der Waals surface area contributed by atoms with E-state index in [9.17, 15) is 0 Å². The molecule has 6 heteroatoms. The maximum Gasteiger partial charge on any atom is 0.231 e. The quantitative estimate of drug-likeness (QED) is 0.384. The molecule has 0 radical (unpaired) electrons. The fourth-order valence-corrected chi connectivity index (χ4v) is 0. The van der Waals surface area contributed by atoms with Crippen molar-refractivity contribution in [3.63, 3.8) is 0 Å². The molecule has 0 spiro atoms.